The summed E-state index contributed by atoms with van der Waals surface area (Å²) in [4.78, 5) is 16.2. The van der Waals surface area contributed by atoms with Gasteiger partial charge in [-0.15, -0.1) is 0 Å². The van der Waals surface area contributed by atoms with Crippen LogP contribution in [0.2, 0.25) is 0 Å². The highest BCUT2D eigenvalue weighted by Gasteiger charge is 2.28. The number of hydrogen-bond donors (Lipinski definition) is 1. The third-order valence-electron chi connectivity index (χ3n) is 3.33. The summed E-state index contributed by atoms with van der Waals surface area (Å²) in [5.41, 5.74) is 1.59. The van der Waals surface area contributed by atoms with Gasteiger partial charge < -0.3 is 5.32 Å². The van der Waals surface area contributed by atoms with Crippen LogP contribution < -0.4 is 5.32 Å². The highest BCUT2D eigenvalue weighted by atomic mass is 79.9. The van der Waals surface area contributed by atoms with Crippen LogP contribution in [-0.2, 0) is 20.4 Å². The second-order valence-electron chi connectivity index (χ2n) is 5.29. The van der Waals surface area contributed by atoms with Gasteiger partial charge in [0.05, 0.1) is 5.75 Å². The fourth-order valence-corrected chi connectivity index (χ4v) is 3.64. The van der Waals surface area contributed by atoms with Crippen molar-refractivity contribution in [3.8, 4) is 0 Å². The van der Waals surface area contributed by atoms with Gasteiger partial charge in [0, 0.05) is 10.7 Å². The molecule has 0 aliphatic heterocycles. The van der Waals surface area contributed by atoms with Gasteiger partial charge in [-0.25, -0.2) is 13.4 Å². The van der Waals surface area contributed by atoms with Gasteiger partial charge >= 0.3 is 0 Å². The molecule has 23 heavy (non-hydrogen) atoms. The van der Waals surface area contributed by atoms with E-state index in [-0.39, 0.29) is 5.75 Å². The number of hydrogen-bond acceptors (Lipinski definition) is 4. The molecule has 0 bridgehead atoms. The molecule has 1 unspecified atom stereocenters. The number of anilines is 1. The summed E-state index contributed by atoms with van der Waals surface area (Å²) in [5.74, 6) is -0.441. The van der Waals surface area contributed by atoms with Gasteiger partial charge in [-0.3, -0.25) is 4.79 Å². The summed E-state index contributed by atoms with van der Waals surface area (Å²) < 4.78 is 25.6. The van der Waals surface area contributed by atoms with Crippen molar-refractivity contribution >= 4 is 37.5 Å². The molecule has 122 valence electrons. The lowest BCUT2D eigenvalue weighted by molar-refractivity contribution is -0.115. The fourth-order valence-electron chi connectivity index (χ4n) is 1.92. The first kappa shape index (κ1) is 17.6. The molecule has 1 aromatic heterocycles. The Balaban J connectivity index is 2.09. The minimum atomic E-state index is -3.62. The number of amides is 1. The Labute approximate surface area is 144 Å². The maximum absolute atomic E-state index is 12.4. The van der Waals surface area contributed by atoms with E-state index in [9.17, 15) is 13.2 Å². The molecule has 0 spiro atoms. The van der Waals surface area contributed by atoms with Crippen molar-refractivity contribution < 1.29 is 13.2 Å². The molecule has 0 aliphatic carbocycles. The van der Waals surface area contributed by atoms with E-state index < -0.39 is 21.0 Å². The van der Waals surface area contributed by atoms with Crippen LogP contribution >= 0.6 is 15.9 Å². The van der Waals surface area contributed by atoms with E-state index in [2.05, 4.69) is 26.2 Å². The first-order valence-electron chi connectivity index (χ1n) is 6.97. The molecule has 7 heteroatoms. The number of nitrogens with one attached hydrogen (secondary N) is 1. The Hall–Kier alpha value is -1.73. The number of sulfone groups is 1. The third kappa shape index (κ3) is 4.87. The first-order valence-corrected chi connectivity index (χ1v) is 9.48. The molecule has 0 saturated heterocycles. The lowest BCUT2D eigenvalue weighted by Crippen LogP contribution is -2.33. The van der Waals surface area contributed by atoms with Crippen molar-refractivity contribution in [2.75, 3.05) is 5.32 Å². The van der Waals surface area contributed by atoms with E-state index in [1.165, 1.54) is 6.92 Å². The molecule has 2 aromatic rings. The first-order chi connectivity index (χ1) is 10.8. The SMILES string of the molecule is Cc1ccc(NC(=O)C(C)S(=O)(=O)Cc2cccc(Br)c2)nc1. The molecule has 1 aromatic carbocycles. The lowest BCUT2D eigenvalue weighted by Gasteiger charge is -2.13. The van der Waals surface area contributed by atoms with Crippen LogP contribution in [0.3, 0.4) is 0 Å². The van der Waals surface area contributed by atoms with Crippen molar-refractivity contribution in [2.45, 2.75) is 24.9 Å². The van der Waals surface area contributed by atoms with Gasteiger partial charge in [0.2, 0.25) is 5.91 Å². The molecule has 1 heterocycles. The normalized spacial score (nSPS) is 12.7. The van der Waals surface area contributed by atoms with E-state index in [0.717, 1.165) is 10.0 Å². The summed E-state index contributed by atoms with van der Waals surface area (Å²) in [6.45, 7) is 3.26. The predicted molar refractivity (Wildman–Crippen MR) is 93.8 cm³/mol. The Morgan fingerprint density at radius 3 is 2.65 bits per heavy atom. The molecule has 0 radical (unpaired) electrons. The summed E-state index contributed by atoms with van der Waals surface area (Å²) in [7, 11) is -3.62. The number of nitrogens with zero attached hydrogens (tertiary/aromatic N) is 1. The third-order valence-corrected chi connectivity index (χ3v) is 5.85. The molecular formula is C16H17BrN2O3S. The maximum Gasteiger partial charge on any atom is 0.243 e. The van der Waals surface area contributed by atoms with Crippen molar-refractivity contribution in [3.05, 3.63) is 58.2 Å². The van der Waals surface area contributed by atoms with Crippen molar-refractivity contribution in [3.63, 3.8) is 0 Å². The summed E-state index contributed by atoms with van der Waals surface area (Å²) in [6.07, 6.45) is 1.61. The van der Waals surface area contributed by atoms with E-state index in [1.807, 2.05) is 13.0 Å². The second-order valence-corrected chi connectivity index (χ2v) is 8.53. The minimum absolute atomic E-state index is 0.192. The smallest absolute Gasteiger partial charge is 0.243 e. The zero-order valence-corrected chi connectivity index (χ0v) is 15.2. The van der Waals surface area contributed by atoms with Gasteiger partial charge in [-0.1, -0.05) is 34.1 Å². The Morgan fingerprint density at radius 1 is 1.30 bits per heavy atom. The molecule has 1 atom stereocenters. The fraction of sp³-hybridized carbons (Fsp3) is 0.250. The maximum atomic E-state index is 12.4. The zero-order valence-electron chi connectivity index (χ0n) is 12.8. The highest BCUT2D eigenvalue weighted by molar-refractivity contribution is 9.10. The predicted octanol–water partition coefficient (Wildman–Crippen LogP) is 3.09. The van der Waals surface area contributed by atoms with Crippen molar-refractivity contribution in [2.24, 2.45) is 0 Å². The number of pyridine rings is 1. The van der Waals surface area contributed by atoms with Gasteiger partial charge in [-0.05, 0) is 43.2 Å². The molecule has 5 nitrogen and oxygen atoms in total. The van der Waals surface area contributed by atoms with E-state index >= 15 is 0 Å². The average Bonchev–Trinajstić information content (AvgIpc) is 2.48. The van der Waals surface area contributed by atoms with Crippen LogP contribution in [0.15, 0.2) is 47.1 Å². The van der Waals surface area contributed by atoms with E-state index in [0.29, 0.717) is 11.4 Å². The Bertz CT molecular complexity index is 804. The number of aromatic nitrogens is 1. The number of benzene rings is 1. The monoisotopic (exact) mass is 396 g/mol. The molecule has 0 fully saturated rings. The summed E-state index contributed by atoms with van der Waals surface area (Å²) in [5, 5.41) is 1.37. The molecule has 1 N–H and O–H groups in total. The van der Waals surface area contributed by atoms with Crippen LogP contribution in [0.25, 0.3) is 0 Å². The molecule has 1 amide bonds. The van der Waals surface area contributed by atoms with Gasteiger partial charge in [0.1, 0.15) is 11.1 Å². The summed E-state index contributed by atoms with van der Waals surface area (Å²) in [6, 6.07) is 10.5. The van der Waals surface area contributed by atoms with Crippen LogP contribution in [0.5, 0.6) is 0 Å². The van der Waals surface area contributed by atoms with E-state index in [4.69, 9.17) is 0 Å². The standard InChI is InChI=1S/C16H17BrN2O3S/c1-11-6-7-15(18-9-11)19-16(20)12(2)23(21,22)10-13-4-3-5-14(17)8-13/h3-9,12H,10H2,1-2H3,(H,18,19,20). The molecular weight excluding hydrogens is 380 g/mol. The average molecular weight is 397 g/mol. The second kappa shape index (κ2) is 7.23. The van der Waals surface area contributed by atoms with E-state index in [1.54, 1.807) is 36.5 Å². The minimum Gasteiger partial charge on any atom is -0.310 e. The van der Waals surface area contributed by atoms with Crippen LogP contribution in [0, 0.1) is 6.92 Å². The number of carbonyl (C=O) groups excluding carboxylic acids is 1. The molecule has 2 rings (SSSR count). The largest absolute Gasteiger partial charge is 0.310 e. The Kier molecular flexibility index (Phi) is 5.54. The number of carbonyl (C=O) groups is 1. The zero-order chi connectivity index (χ0) is 17.0. The topological polar surface area (TPSA) is 76.1 Å². The van der Waals surface area contributed by atoms with Crippen molar-refractivity contribution in [1.29, 1.82) is 0 Å². The Morgan fingerprint density at radius 2 is 2.04 bits per heavy atom. The van der Waals surface area contributed by atoms with Crippen LogP contribution in [0.1, 0.15) is 18.1 Å². The van der Waals surface area contributed by atoms with Gasteiger partial charge in [0.25, 0.3) is 0 Å². The summed E-state index contributed by atoms with van der Waals surface area (Å²) >= 11 is 3.30. The van der Waals surface area contributed by atoms with Gasteiger partial charge in [0.15, 0.2) is 9.84 Å². The van der Waals surface area contributed by atoms with Crippen molar-refractivity contribution in [1.82, 2.24) is 4.98 Å². The number of rotatable bonds is 5. The van der Waals surface area contributed by atoms with Crippen LogP contribution in [0.4, 0.5) is 5.82 Å². The highest BCUT2D eigenvalue weighted by Crippen LogP contribution is 2.17. The quantitative estimate of drug-likeness (QED) is 0.841. The lowest BCUT2D eigenvalue weighted by atomic mass is 10.2. The number of halogens is 1. The number of aryl methyl sites for hydroxylation is 1. The van der Waals surface area contributed by atoms with Crippen LogP contribution in [-0.4, -0.2) is 24.6 Å². The van der Waals surface area contributed by atoms with Gasteiger partial charge in [-0.2, -0.15) is 0 Å². The molecule has 0 saturated carbocycles. The molecule has 0 aliphatic rings.